The van der Waals surface area contributed by atoms with Crippen molar-refractivity contribution in [1.29, 1.82) is 0 Å². The second-order valence-electron chi connectivity index (χ2n) is 6.55. The highest BCUT2D eigenvalue weighted by molar-refractivity contribution is 4.76. The number of hydrogen-bond acceptors (Lipinski definition) is 4. The molecule has 4 heteroatoms. The van der Waals surface area contributed by atoms with Crippen LogP contribution in [0.3, 0.4) is 0 Å². The van der Waals surface area contributed by atoms with Crippen LogP contribution in [-0.2, 0) is 4.74 Å². The second-order valence-corrected chi connectivity index (χ2v) is 6.55. The van der Waals surface area contributed by atoms with Crippen LogP contribution in [0.15, 0.2) is 0 Å². The van der Waals surface area contributed by atoms with E-state index in [0.717, 1.165) is 13.0 Å². The van der Waals surface area contributed by atoms with Gasteiger partial charge in [0.2, 0.25) is 0 Å². The zero-order valence-electron chi connectivity index (χ0n) is 13.8. The van der Waals surface area contributed by atoms with E-state index < -0.39 is 6.10 Å². The van der Waals surface area contributed by atoms with Crippen molar-refractivity contribution in [2.75, 3.05) is 33.8 Å². The maximum atomic E-state index is 10.0. The van der Waals surface area contributed by atoms with Crippen LogP contribution in [-0.4, -0.2) is 62.0 Å². The number of rotatable bonds is 9. The van der Waals surface area contributed by atoms with Crippen molar-refractivity contribution in [2.24, 2.45) is 5.92 Å². The molecule has 0 amide bonds. The summed E-state index contributed by atoms with van der Waals surface area (Å²) in [6.45, 7) is 6.44. The average Bonchev–Trinajstić information content (AvgIpc) is 2.42. The normalized spacial score (nSPS) is 26.7. The van der Waals surface area contributed by atoms with Crippen LogP contribution < -0.4 is 5.32 Å². The Labute approximate surface area is 124 Å². The van der Waals surface area contributed by atoms with Gasteiger partial charge >= 0.3 is 0 Å². The lowest BCUT2D eigenvalue weighted by Gasteiger charge is -2.31. The molecule has 20 heavy (non-hydrogen) atoms. The summed E-state index contributed by atoms with van der Waals surface area (Å²) < 4.78 is 5.96. The van der Waals surface area contributed by atoms with Gasteiger partial charge in [-0.3, -0.25) is 0 Å². The molecular formula is C16H34N2O2. The molecule has 0 aliphatic heterocycles. The highest BCUT2D eigenvalue weighted by atomic mass is 16.5. The molecule has 0 bridgehead atoms. The van der Waals surface area contributed by atoms with Gasteiger partial charge in [-0.1, -0.05) is 26.2 Å². The molecule has 0 spiro atoms. The van der Waals surface area contributed by atoms with Gasteiger partial charge in [-0.15, -0.1) is 0 Å². The van der Waals surface area contributed by atoms with Crippen LogP contribution in [0, 0.1) is 5.92 Å². The molecule has 1 fully saturated rings. The first kappa shape index (κ1) is 17.9. The predicted octanol–water partition coefficient (Wildman–Crippen LogP) is 1.87. The van der Waals surface area contributed by atoms with Gasteiger partial charge in [-0.2, -0.15) is 0 Å². The Kier molecular flexibility index (Phi) is 8.69. The van der Waals surface area contributed by atoms with E-state index in [0.29, 0.717) is 31.2 Å². The average molecular weight is 286 g/mol. The fourth-order valence-corrected chi connectivity index (χ4v) is 3.10. The van der Waals surface area contributed by atoms with E-state index in [-0.39, 0.29) is 0 Å². The molecule has 0 aromatic heterocycles. The fourth-order valence-electron chi connectivity index (χ4n) is 3.10. The summed E-state index contributed by atoms with van der Waals surface area (Å²) in [4.78, 5) is 2.15. The molecule has 4 atom stereocenters. The summed E-state index contributed by atoms with van der Waals surface area (Å²) in [5, 5.41) is 13.4. The van der Waals surface area contributed by atoms with Crippen LogP contribution in [0.1, 0.15) is 46.0 Å². The molecular weight excluding hydrogens is 252 g/mol. The number of hydrogen-bond donors (Lipinski definition) is 2. The molecule has 1 aliphatic rings. The predicted molar refractivity (Wildman–Crippen MR) is 84.0 cm³/mol. The molecule has 0 saturated heterocycles. The van der Waals surface area contributed by atoms with Crippen LogP contribution >= 0.6 is 0 Å². The number of likely N-dealkylation sites (N-methyl/N-ethyl adjacent to an activating group) is 1. The summed E-state index contributed by atoms with van der Waals surface area (Å²) >= 11 is 0. The molecule has 1 aliphatic carbocycles. The molecule has 4 nitrogen and oxygen atoms in total. The van der Waals surface area contributed by atoms with E-state index in [9.17, 15) is 5.11 Å². The molecule has 0 heterocycles. The lowest BCUT2D eigenvalue weighted by molar-refractivity contribution is -0.0503. The van der Waals surface area contributed by atoms with E-state index in [1.165, 1.54) is 25.7 Å². The van der Waals surface area contributed by atoms with Crippen LogP contribution in [0.25, 0.3) is 0 Å². The number of nitrogens with one attached hydrogen (secondary N) is 1. The summed E-state index contributed by atoms with van der Waals surface area (Å²) in [6.07, 6.45) is 6.21. The van der Waals surface area contributed by atoms with E-state index in [4.69, 9.17) is 4.74 Å². The summed E-state index contributed by atoms with van der Waals surface area (Å²) in [7, 11) is 4.12. The largest absolute Gasteiger partial charge is 0.389 e. The standard InChI is InChI=1S/C16H34N2O2/c1-5-14-8-6-7-9-16(14)20-12-15(19)10-17-13(2)11-18(3)4/h13-17,19H,5-12H2,1-4H3. The van der Waals surface area contributed by atoms with Gasteiger partial charge in [-0.25, -0.2) is 0 Å². The third kappa shape index (κ3) is 7.02. The van der Waals surface area contributed by atoms with Gasteiger partial charge in [0.05, 0.1) is 18.8 Å². The number of aliphatic hydroxyl groups excluding tert-OH is 1. The van der Waals surface area contributed by atoms with E-state index in [2.05, 4.69) is 38.2 Å². The third-order valence-corrected chi connectivity index (χ3v) is 4.21. The number of aliphatic hydroxyl groups is 1. The molecule has 4 unspecified atom stereocenters. The molecule has 0 aromatic carbocycles. The van der Waals surface area contributed by atoms with Crippen molar-refractivity contribution in [3.63, 3.8) is 0 Å². The Hall–Kier alpha value is -0.160. The summed E-state index contributed by atoms with van der Waals surface area (Å²) in [5.41, 5.74) is 0. The van der Waals surface area contributed by atoms with Gasteiger partial charge in [-0.05, 0) is 39.8 Å². The van der Waals surface area contributed by atoms with Crippen LogP contribution in [0.4, 0.5) is 0 Å². The highest BCUT2D eigenvalue weighted by Gasteiger charge is 2.24. The van der Waals surface area contributed by atoms with Crippen molar-refractivity contribution < 1.29 is 9.84 Å². The van der Waals surface area contributed by atoms with Crippen molar-refractivity contribution in [1.82, 2.24) is 10.2 Å². The smallest absolute Gasteiger partial charge is 0.0897 e. The van der Waals surface area contributed by atoms with Gasteiger partial charge in [0, 0.05) is 19.1 Å². The first-order valence-electron chi connectivity index (χ1n) is 8.20. The molecule has 0 radical (unpaired) electrons. The first-order chi connectivity index (χ1) is 9.52. The Bertz CT molecular complexity index is 249. The van der Waals surface area contributed by atoms with E-state index in [1.54, 1.807) is 0 Å². The Morgan fingerprint density at radius 2 is 2.00 bits per heavy atom. The van der Waals surface area contributed by atoms with E-state index in [1.807, 2.05) is 0 Å². The van der Waals surface area contributed by atoms with Gasteiger partial charge in [0.15, 0.2) is 0 Å². The van der Waals surface area contributed by atoms with Crippen LogP contribution in [0.5, 0.6) is 0 Å². The minimum Gasteiger partial charge on any atom is -0.389 e. The van der Waals surface area contributed by atoms with Crippen molar-refractivity contribution in [2.45, 2.75) is 64.2 Å². The SMILES string of the molecule is CCC1CCCCC1OCC(O)CNC(C)CN(C)C. The van der Waals surface area contributed by atoms with Crippen molar-refractivity contribution >= 4 is 0 Å². The molecule has 1 saturated carbocycles. The molecule has 1 rings (SSSR count). The fraction of sp³-hybridized carbons (Fsp3) is 1.00. The van der Waals surface area contributed by atoms with E-state index >= 15 is 0 Å². The van der Waals surface area contributed by atoms with Crippen molar-refractivity contribution in [3.8, 4) is 0 Å². The van der Waals surface area contributed by atoms with Crippen molar-refractivity contribution in [3.05, 3.63) is 0 Å². The minimum absolute atomic E-state index is 0.364. The molecule has 120 valence electrons. The lowest BCUT2D eigenvalue weighted by Crippen LogP contribution is -2.41. The zero-order valence-corrected chi connectivity index (χ0v) is 13.8. The Morgan fingerprint density at radius 1 is 1.30 bits per heavy atom. The molecule has 2 N–H and O–H groups in total. The minimum atomic E-state index is -0.404. The third-order valence-electron chi connectivity index (χ3n) is 4.21. The quantitative estimate of drug-likeness (QED) is 0.679. The first-order valence-corrected chi connectivity index (χ1v) is 8.20. The summed E-state index contributed by atoms with van der Waals surface area (Å²) in [6, 6.07) is 0.387. The lowest BCUT2D eigenvalue weighted by atomic mass is 9.85. The monoisotopic (exact) mass is 286 g/mol. The zero-order chi connectivity index (χ0) is 15.0. The summed E-state index contributed by atoms with van der Waals surface area (Å²) in [5.74, 6) is 0.691. The van der Waals surface area contributed by atoms with Gasteiger partial charge in [0.25, 0.3) is 0 Å². The topological polar surface area (TPSA) is 44.7 Å². The maximum Gasteiger partial charge on any atom is 0.0897 e. The Balaban J connectivity index is 2.16. The number of ether oxygens (including phenoxy) is 1. The molecule has 0 aromatic rings. The van der Waals surface area contributed by atoms with Gasteiger partial charge < -0.3 is 20.1 Å². The second kappa shape index (κ2) is 9.72. The maximum absolute atomic E-state index is 10.0. The Morgan fingerprint density at radius 3 is 2.65 bits per heavy atom. The van der Waals surface area contributed by atoms with Crippen LogP contribution in [0.2, 0.25) is 0 Å². The highest BCUT2D eigenvalue weighted by Crippen LogP contribution is 2.29. The van der Waals surface area contributed by atoms with Gasteiger partial charge in [0.1, 0.15) is 0 Å². The number of nitrogens with zero attached hydrogens (tertiary/aromatic N) is 1.